The number of halogens is 3. The molecule has 0 heterocycles. The van der Waals surface area contributed by atoms with E-state index in [9.17, 15) is 13.2 Å². The van der Waals surface area contributed by atoms with Crippen LogP contribution in [0.3, 0.4) is 0 Å². The third-order valence-corrected chi connectivity index (χ3v) is 3.49. The maximum atomic E-state index is 12.7. The average molecular weight is 286 g/mol. The molecule has 1 aliphatic carbocycles. The van der Waals surface area contributed by atoms with Gasteiger partial charge in [0.05, 0.1) is 0 Å². The number of benzene rings is 1. The largest absolute Gasteiger partial charge is 0.405 e. The van der Waals surface area contributed by atoms with Gasteiger partial charge in [-0.3, -0.25) is 0 Å². The molecule has 1 aliphatic rings. The van der Waals surface area contributed by atoms with Gasteiger partial charge in [0, 0.05) is 24.8 Å². The number of hydrogen-bond donors (Lipinski definition) is 1. The molecule has 2 rings (SSSR count). The smallest absolute Gasteiger partial charge is 0.363 e. The minimum absolute atomic E-state index is 0.346. The lowest BCUT2D eigenvalue weighted by atomic mass is 10.1. The fourth-order valence-electron chi connectivity index (χ4n) is 2.29. The van der Waals surface area contributed by atoms with Crippen LogP contribution < -0.4 is 10.2 Å². The van der Waals surface area contributed by atoms with E-state index in [0.29, 0.717) is 24.8 Å². The number of alkyl halides is 3. The molecule has 1 N–H and O–H groups in total. The Morgan fingerprint density at radius 3 is 2.55 bits per heavy atom. The van der Waals surface area contributed by atoms with Crippen molar-refractivity contribution in [2.75, 3.05) is 18.0 Å². The van der Waals surface area contributed by atoms with Gasteiger partial charge in [-0.05, 0) is 38.3 Å². The second-order valence-electron chi connectivity index (χ2n) is 5.42. The van der Waals surface area contributed by atoms with Crippen LogP contribution in [0, 0.1) is 6.92 Å². The normalized spacial score (nSPS) is 15.4. The Bertz CT molecular complexity index is 453. The number of anilines is 1. The van der Waals surface area contributed by atoms with Gasteiger partial charge in [0.1, 0.15) is 6.54 Å². The van der Waals surface area contributed by atoms with E-state index in [0.717, 1.165) is 11.1 Å². The molecule has 20 heavy (non-hydrogen) atoms. The number of nitrogens with one attached hydrogen (secondary N) is 1. The molecule has 2 nitrogen and oxygen atoms in total. The minimum atomic E-state index is -4.18. The van der Waals surface area contributed by atoms with Gasteiger partial charge in [-0.2, -0.15) is 13.2 Å². The quantitative estimate of drug-likeness (QED) is 0.859. The first-order valence-electron chi connectivity index (χ1n) is 7.03. The fraction of sp³-hybridized carbons (Fsp3) is 0.600. The van der Waals surface area contributed by atoms with E-state index in [2.05, 4.69) is 5.32 Å². The van der Waals surface area contributed by atoms with Crippen molar-refractivity contribution < 1.29 is 13.2 Å². The van der Waals surface area contributed by atoms with Crippen molar-refractivity contribution >= 4 is 5.69 Å². The molecule has 0 amide bonds. The summed E-state index contributed by atoms with van der Waals surface area (Å²) in [5, 5.41) is 3.37. The predicted molar refractivity (Wildman–Crippen MR) is 75.0 cm³/mol. The van der Waals surface area contributed by atoms with Gasteiger partial charge < -0.3 is 10.2 Å². The molecule has 0 unspecified atom stereocenters. The average Bonchev–Trinajstić information content (AvgIpc) is 3.17. The van der Waals surface area contributed by atoms with E-state index in [-0.39, 0.29) is 0 Å². The fourth-order valence-corrected chi connectivity index (χ4v) is 2.29. The highest BCUT2D eigenvalue weighted by Gasteiger charge is 2.31. The summed E-state index contributed by atoms with van der Waals surface area (Å²) in [7, 11) is 0. The van der Waals surface area contributed by atoms with E-state index in [1.807, 2.05) is 19.1 Å². The lowest BCUT2D eigenvalue weighted by Gasteiger charge is -2.27. The van der Waals surface area contributed by atoms with Crippen LogP contribution >= 0.6 is 0 Å². The molecule has 1 aromatic carbocycles. The summed E-state index contributed by atoms with van der Waals surface area (Å²) in [4.78, 5) is 1.39. The van der Waals surface area contributed by atoms with Crippen LogP contribution in [0.2, 0.25) is 0 Å². The van der Waals surface area contributed by atoms with E-state index in [1.54, 1.807) is 13.0 Å². The van der Waals surface area contributed by atoms with E-state index in [4.69, 9.17) is 0 Å². The molecule has 1 fully saturated rings. The number of hydrogen-bond acceptors (Lipinski definition) is 2. The van der Waals surface area contributed by atoms with Crippen molar-refractivity contribution in [2.45, 2.75) is 45.5 Å². The Balaban J connectivity index is 2.17. The first-order chi connectivity index (χ1) is 9.39. The monoisotopic (exact) mass is 286 g/mol. The summed E-state index contributed by atoms with van der Waals surface area (Å²) >= 11 is 0. The third kappa shape index (κ3) is 4.40. The van der Waals surface area contributed by atoms with Gasteiger partial charge in [0.15, 0.2) is 0 Å². The van der Waals surface area contributed by atoms with Crippen LogP contribution in [-0.4, -0.2) is 25.3 Å². The Hall–Kier alpha value is -1.23. The lowest BCUT2D eigenvalue weighted by molar-refractivity contribution is -0.119. The molecular formula is C15H21F3N2. The Kier molecular flexibility index (Phi) is 4.58. The predicted octanol–water partition coefficient (Wildman–Crippen LogP) is 3.64. The van der Waals surface area contributed by atoms with Crippen LogP contribution in [0.1, 0.15) is 30.9 Å². The number of rotatable bonds is 6. The molecular weight excluding hydrogens is 265 g/mol. The van der Waals surface area contributed by atoms with Gasteiger partial charge in [-0.15, -0.1) is 0 Å². The minimum Gasteiger partial charge on any atom is -0.363 e. The second kappa shape index (κ2) is 6.04. The summed E-state index contributed by atoms with van der Waals surface area (Å²) in [6.45, 7) is 3.80. The second-order valence-corrected chi connectivity index (χ2v) is 5.42. The standard InChI is InChI=1S/C15H21F3N2/c1-3-20(10-15(16,17)18)14-7-4-11(2)8-12(14)9-19-13-5-6-13/h4,7-8,13,19H,3,5-6,9-10H2,1-2H3. The van der Waals surface area contributed by atoms with Crippen molar-refractivity contribution in [3.8, 4) is 0 Å². The van der Waals surface area contributed by atoms with Crippen LogP contribution in [0.5, 0.6) is 0 Å². The van der Waals surface area contributed by atoms with E-state index in [1.165, 1.54) is 17.7 Å². The summed E-state index contributed by atoms with van der Waals surface area (Å²) in [6.07, 6.45) is -1.84. The Morgan fingerprint density at radius 2 is 2.00 bits per heavy atom. The zero-order valence-corrected chi connectivity index (χ0v) is 11.9. The molecule has 0 aliphatic heterocycles. The first-order valence-corrected chi connectivity index (χ1v) is 7.03. The van der Waals surface area contributed by atoms with Crippen molar-refractivity contribution in [1.82, 2.24) is 5.32 Å². The van der Waals surface area contributed by atoms with Crippen LogP contribution in [-0.2, 0) is 6.54 Å². The molecule has 0 atom stereocenters. The van der Waals surface area contributed by atoms with Gasteiger partial charge in [-0.1, -0.05) is 17.7 Å². The molecule has 0 saturated heterocycles. The maximum absolute atomic E-state index is 12.7. The lowest BCUT2D eigenvalue weighted by Crippen LogP contribution is -2.35. The summed E-state index contributed by atoms with van der Waals surface area (Å²) in [5.41, 5.74) is 2.70. The SMILES string of the molecule is CCN(CC(F)(F)F)c1ccc(C)cc1CNC1CC1. The summed E-state index contributed by atoms with van der Waals surface area (Å²) < 4.78 is 38.0. The maximum Gasteiger partial charge on any atom is 0.405 e. The topological polar surface area (TPSA) is 15.3 Å². The molecule has 0 bridgehead atoms. The summed E-state index contributed by atoms with van der Waals surface area (Å²) in [6, 6.07) is 6.19. The molecule has 1 aromatic rings. The van der Waals surface area contributed by atoms with Crippen LogP contribution in [0.4, 0.5) is 18.9 Å². The van der Waals surface area contributed by atoms with Crippen molar-refractivity contribution in [1.29, 1.82) is 0 Å². The van der Waals surface area contributed by atoms with Crippen LogP contribution in [0.25, 0.3) is 0 Å². The number of aryl methyl sites for hydroxylation is 1. The van der Waals surface area contributed by atoms with E-state index < -0.39 is 12.7 Å². The van der Waals surface area contributed by atoms with Gasteiger partial charge >= 0.3 is 6.18 Å². The van der Waals surface area contributed by atoms with Crippen molar-refractivity contribution in [3.63, 3.8) is 0 Å². The molecule has 0 aromatic heterocycles. The highest BCUT2D eigenvalue weighted by molar-refractivity contribution is 5.55. The van der Waals surface area contributed by atoms with Gasteiger partial charge in [0.25, 0.3) is 0 Å². The Labute approximate surface area is 118 Å². The Morgan fingerprint density at radius 1 is 1.30 bits per heavy atom. The zero-order chi connectivity index (χ0) is 14.8. The molecule has 0 radical (unpaired) electrons. The number of nitrogens with zero attached hydrogens (tertiary/aromatic N) is 1. The van der Waals surface area contributed by atoms with Crippen LogP contribution in [0.15, 0.2) is 18.2 Å². The highest BCUT2D eigenvalue weighted by atomic mass is 19.4. The summed E-state index contributed by atoms with van der Waals surface area (Å²) in [5.74, 6) is 0. The zero-order valence-electron chi connectivity index (χ0n) is 11.9. The van der Waals surface area contributed by atoms with E-state index >= 15 is 0 Å². The highest BCUT2D eigenvalue weighted by Crippen LogP contribution is 2.27. The molecule has 1 saturated carbocycles. The van der Waals surface area contributed by atoms with Gasteiger partial charge in [0.2, 0.25) is 0 Å². The van der Waals surface area contributed by atoms with Crippen molar-refractivity contribution in [3.05, 3.63) is 29.3 Å². The molecule has 112 valence electrons. The first kappa shape index (κ1) is 15.2. The van der Waals surface area contributed by atoms with Gasteiger partial charge in [-0.25, -0.2) is 0 Å². The van der Waals surface area contributed by atoms with Crippen molar-refractivity contribution in [2.24, 2.45) is 0 Å². The molecule has 5 heteroatoms. The third-order valence-electron chi connectivity index (χ3n) is 3.49. The molecule has 0 spiro atoms.